The first-order chi connectivity index (χ1) is 2.56. The molecule has 38 valence electrons. The topological polar surface area (TPSA) is 12.0 Å². The molecule has 0 rings (SSSR count). The second-order valence-corrected chi connectivity index (χ2v) is 2.25. The minimum Gasteiger partial charge on any atom is -0.493 e. The smallest absolute Gasteiger partial charge is 0.0118 e. The standard InChI is InChI=1S/C4H13BN/c1-4(2,3)6-5/h6H,1-3,5H3/q-1. The van der Waals surface area contributed by atoms with Crippen LogP contribution in [0.2, 0.25) is 0 Å². The van der Waals surface area contributed by atoms with Crippen molar-refractivity contribution in [3.63, 3.8) is 0 Å². The normalized spacial score (nSPS) is 12.0. The van der Waals surface area contributed by atoms with Crippen LogP contribution < -0.4 is 5.23 Å². The van der Waals surface area contributed by atoms with Gasteiger partial charge in [0.25, 0.3) is 0 Å². The van der Waals surface area contributed by atoms with E-state index in [-0.39, 0.29) is 0 Å². The summed E-state index contributed by atoms with van der Waals surface area (Å²) in [6.07, 6.45) is 0. The van der Waals surface area contributed by atoms with Crippen LogP contribution in [0.5, 0.6) is 0 Å². The molecular weight excluding hydrogens is 72.9 g/mol. The molecule has 0 bridgehead atoms. The van der Waals surface area contributed by atoms with E-state index in [2.05, 4.69) is 26.0 Å². The summed E-state index contributed by atoms with van der Waals surface area (Å²) in [5.41, 5.74) is 0.403. The first kappa shape index (κ1) is 6.02. The molecule has 0 aliphatic rings. The molecule has 0 amide bonds. The Hall–Kier alpha value is 0.0249. The SMILES string of the molecule is [BH3-]NC(C)(C)C. The van der Waals surface area contributed by atoms with E-state index in [0.717, 1.165) is 0 Å². The summed E-state index contributed by atoms with van der Waals surface area (Å²) in [6, 6.07) is 0. The van der Waals surface area contributed by atoms with Crippen molar-refractivity contribution < 1.29 is 0 Å². The van der Waals surface area contributed by atoms with Gasteiger partial charge in [-0.25, -0.2) is 0 Å². The molecule has 1 nitrogen and oxygen atoms in total. The second kappa shape index (κ2) is 1.65. The summed E-state index contributed by atoms with van der Waals surface area (Å²) < 4.78 is 0. The molecule has 6 heavy (non-hydrogen) atoms. The molecule has 0 unspecified atom stereocenters. The zero-order valence-corrected chi connectivity index (χ0v) is 4.00. The molecule has 0 spiro atoms. The molecule has 0 radical (unpaired) electrons. The van der Waals surface area contributed by atoms with Gasteiger partial charge in [0.2, 0.25) is 0 Å². The molecule has 0 aromatic heterocycles. The van der Waals surface area contributed by atoms with E-state index in [4.69, 9.17) is 0 Å². The highest BCUT2D eigenvalue weighted by atomic mass is 14.8. The van der Waals surface area contributed by atoms with Crippen LogP contribution in [0, 0.1) is 0 Å². The Kier molecular flexibility index (Phi) is 1.66. The average Bonchev–Trinajstić information content (AvgIpc) is 1.35. The van der Waals surface area contributed by atoms with Gasteiger partial charge in [0.15, 0.2) is 0 Å². The van der Waals surface area contributed by atoms with Crippen molar-refractivity contribution in [3.05, 3.63) is 0 Å². The van der Waals surface area contributed by atoms with Crippen LogP contribution in [0.15, 0.2) is 0 Å². The molecule has 0 atom stereocenters. The van der Waals surface area contributed by atoms with Gasteiger partial charge in [-0.15, -0.1) is 0 Å². The maximum Gasteiger partial charge on any atom is 0.0118 e. The van der Waals surface area contributed by atoms with Crippen LogP contribution in [-0.2, 0) is 0 Å². The van der Waals surface area contributed by atoms with E-state index < -0.39 is 0 Å². The highest BCUT2D eigenvalue weighted by Crippen LogP contribution is 1.93. The fourth-order valence-electron chi connectivity index (χ4n) is 0. The molecule has 0 heterocycles. The number of hydrogen-bond donors (Lipinski definition) is 1. The minimum atomic E-state index is 0.403. The number of hydrogen-bond acceptors (Lipinski definition) is 1. The fraction of sp³-hybridized carbons (Fsp3) is 1.00. The molecule has 0 aliphatic heterocycles. The maximum atomic E-state index is 3.35. The highest BCUT2D eigenvalue weighted by Gasteiger charge is 1.97. The summed E-state index contributed by atoms with van der Waals surface area (Å²) in [7, 11) is 0.410. The predicted molar refractivity (Wildman–Crippen MR) is 32.8 cm³/mol. The molecular formula is C4H13BN-. The number of nitrogens with one attached hydrogen (secondary N) is 1. The van der Waals surface area contributed by atoms with Gasteiger partial charge in [0, 0.05) is 7.98 Å². The molecule has 0 saturated carbocycles. The maximum absolute atomic E-state index is 3.35. The monoisotopic (exact) mass is 86.1 g/mol. The first-order valence-electron chi connectivity index (χ1n) is 1.75. The van der Waals surface area contributed by atoms with Crippen LogP contribution in [0.25, 0.3) is 0 Å². The lowest BCUT2D eigenvalue weighted by Crippen LogP contribution is -2.33. The summed E-state index contributed by atoms with van der Waals surface area (Å²) in [4.78, 5) is 0. The molecule has 0 aromatic rings. The Labute approximate surface area is 40.6 Å². The second-order valence-electron chi connectivity index (χ2n) is 2.25. The van der Waals surface area contributed by atoms with E-state index in [1.807, 2.05) is 0 Å². The van der Waals surface area contributed by atoms with Gasteiger partial charge in [-0.3, -0.25) is 0 Å². The van der Waals surface area contributed by atoms with Crippen molar-refractivity contribution in [3.8, 4) is 0 Å². The molecule has 2 heteroatoms. The Morgan fingerprint density at radius 3 is 1.50 bits per heavy atom. The van der Waals surface area contributed by atoms with E-state index in [0.29, 0.717) is 13.5 Å². The molecule has 0 aromatic carbocycles. The molecule has 0 aliphatic carbocycles. The lowest BCUT2D eigenvalue weighted by Gasteiger charge is -2.21. The Morgan fingerprint density at radius 2 is 1.50 bits per heavy atom. The van der Waals surface area contributed by atoms with Crippen molar-refractivity contribution in [2.45, 2.75) is 26.3 Å². The van der Waals surface area contributed by atoms with Gasteiger partial charge in [0.1, 0.15) is 0 Å². The third-order valence-electron chi connectivity index (χ3n) is 0. The van der Waals surface area contributed by atoms with Crippen LogP contribution in [-0.4, -0.2) is 13.5 Å². The lowest BCUT2D eigenvalue weighted by atomic mass is 10.1. The molecule has 1 N–H and O–H groups in total. The molecule has 0 saturated heterocycles. The predicted octanol–water partition coefficient (Wildman–Crippen LogP) is -0.345. The van der Waals surface area contributed by atoms with Crippen LogP contribution >= 0.6 is 0 Å². The first-order valence-corrected chi connectivity index (χ1v) is 1.75. The van der Waals surface area contributed by atoms with Crippen molar-refractivity contribution >= 4 is 7.98 Å². The van der Waals surface area contributed by atoms with Crippen LogP contribution in [0.3, 0.4) is 0 Å². The average molecular weight is 86.0 g/mol. The van der Waals surface area contributed by atoms with Gasteiger partial charge in [-0.05, 0) is 5.54 Å². The third kappa shape index (κ3) is 4.02. The van der Waals surface area contributed by atoms with Crippen molar-refractivity contribution in [2.24, 2.45) is 0 Å². The van der Waals surface area contributed by atoms with E-state index in [1.54, 1.807) is 0 Å². The largest absolute Gasteiger partial charge is 0.493 e. The summed E-state index contributed by atoms with van der Waals surface area (Å²) >= 11 is 0. The Balaban J connectivity index is 3.17. The van der Waals surface area contributed by atoms with Gasteiger partial charge in [-0.1, -0.05) is 20.8 Å². The summed E-state index contributed by atoms with van der Waals surface area (Å²) in [5.74, 6) is 0. The van der Waals surface area contributed by atoms with Crippen LogP contribution in [0.4, 0.5) is 0 Å². The van der Waals surface area contributed by atoms with Crippen molar-refractivity contribution in [1.29, 1.82) is 0 Å². The minimum absolute atomic E-state index is 0.403. The number of rotatable bonds is 0. The van der Waals surface area contributed by atoms with Crippen LogP contribution in [0.1, 0.15) is 20.8 Å². The zero-order valence-electron chi connectivity index (χ0n) is 4.00. The summed E-state index contributed by atoms with van der Waals surface area (Å²) in [6.45, 7) is 6.58. The van der Waals surface area contributed by atoms with Gasteiger partial charge in [-0.2, -0.15) is 0 Å². The van der Waals surface area contributed by atoms with Gasteiger partial charge in [0.05, 0.1) is 0 Å². The Morgan fingerprint density at radius 1 is 1.33 bits per heavy atom. The Bertz CT molecular complexity index is 37.3. The zero-order chi connectivity index (χ0) is 5.21. The molecule has 0 fully saturated rings. The van der Waals surface area contributed by atoms with E-state index in [9.17, 15) is 0 Å². The van der Waals surface area contributed by atoms with E-state index >= 15 is 0 Å². The van der Waals surface area contributed by atoms with Crippen molar-refractivity contribution in [1.82, 2.24) is 5.23 Å². The van der Waals surface area contributed by atoms with E-state index in [1.165, 1.54) is 0 Å². The summed E-state index contributed by atoms with van der Waals surface area (Å²) in [5, 5.41) is 3.35. The highest BCUT2D eigenvalue weighted by molar-refractivity contribution is 6.04. The lowest BCUT2D eigenvalue weighted by molar-refractivity contribution is 0.528. The quantitative estimate of drug-likeness (QED) is 0.397. The van der Waals surface area contributed by atoms with Gasteiger partial charge < -0.3 is 5.23 Å². The van der Waals surface area contributed by atoms with Gasteiger partial charge >= 0.3 is 0 Å². The van der Waals surface area contributed by atoms with Crippen molar-refractivity contribution in [2.75, 3.05) is 0 Å². The fourth-order valence-corrected chi connectivity index (χ4v) is 0. The third-order valence-corrected chi connectivity index (χ3v) is 0.